The highest BCUT2D eigenvalue weighted by Gasteiger charge is 2.30. The fourth-order valence-electron chi connectivity index (χ4n) is 2.76. The lowest BCUT2D eigenvalue weighted by Crippen LogP contribution is -2.26. The van der Waals surface area contributed by atoms with Crippen molar-refractivity contribution >= 4 is 32.6 Å². The highest BCUT2D eigenvalue weighted by molar-refractivity contribution is 7.18. The van der Waals surface area contributed by atoms with E-state index in [1.54, 1.807) is 0 Å². The van der Waals surface area contributed by atoms with E-state index in [9.17, 15) is 18.0 Å². The molecule has 138 valence electrons. The average Bonchev–Trinajstić information content (AvgIpc) is 3.05. The van der Waals surface area contributed by atoms with E-state index in [1.807, 2.05) is 6.92 Å². The molecule has 0 fully saturated rings. The van der Waals surface area contributed by atoms with Gasteiger partial charge in [-0.05, 0) is 24.6 Å². The Morgan fingerprint density at radius 3 is 2.59 bits per heavy atom. The second-order valence-corrected chi connectivity index (χ2v) is 6.92. The minimum atomic E-state index is -4.43. The van der Waals surface area contributed by atoms with E-state index in [2.05, 4.69) is 20.1 Å². The van der Waals surface area contributed by atoms with Gasteiger partial charge < -0.3 is 0 Å². The molecule has 3 aromatic heterocycles. The third kappa shape index (κ3) is 3.16. The standard InChI is InChI=1S/C17H12F3N5OS/c1-2-10-14-15(22-6-5-21-14)16(26)25(24-10)8-13-23-11-7-9(17(18,19)20)3-4-12(11)27-13/h3-7H,2,8H2,1H3. The fourth-order valence-corrected chi connectivity index (χ4v) is 3.69. The van der Waals surface area contributed by atoms with Gasteiger partial charge in [-0.1, -0.05) is 6.92 Å². The number of hydrogen-bond donors (Lipinski definition) is 0. The minimum Gasteiger partial charge on any atom is -0.265 e. The summed E-state index contributed by atoms with van der Waals surface area (Å²) in [6.45, 7) is 1.95. The quantitative estimate of drug-likeness (QED) is 0.535. The van der Waals surface area contributed by atoms with E-state index < -0.39 is 17.3 Å². The Morgan fingerprint density at radius 2 is 1.89 bits per heavy atom. The van der Waals surface area contributed by atoms with E-state index in [-0.39, 0.29) is 17.6 Å². The van der Waals surface area contributed by atoms with Crippen LogP contribution in [-0.2, 0) is 19.1 Å². The SMILES string of the molecule is CCc1nn(Cc2nc3cc(C(F)(F)F)ccc3s2)c(=O)c2nccnc12. The van der Waals surface area contributed by atoms with Crippen LogP contribution in [0.3, 0.4) is 0 Å². The van der Waals surface area contributed by atoms with Gasteiger partial charge in [-0.25, -0.2) is 14.6 Å². The van der Waals surface area contributed by atoms with E-state index >= 15 is 0 Å². The lowest BCUT2D eigenvalue weighted by atomic mass is 10.2. The Morgan fingerprint density at radius 1 is 1.15 bits per heavy atom. The van der Waals surface area contributed by atoms with Crippen LogP contribution in [0.25, 0.3) is 21.3 Å². The third-order valence-electron chi connectivity index (χ3n) is 4.03. The van der Waals surface area contributed by atoms with Crippen molar-refractivity contribution in [3.63, 3.8) is 0 Å². The zero-order valence-electron chi connectivity index (χ0n) is 14.0. The molecule has 0 atom stereocenters. The normalized spacial score (nSPS) is 12.1. The number of aryl methyl sites for hydroxylation is 1. The predicted molar refractivity (Wildman–Crippen MR) is 94.7 cm³/mol. The second kappa shape index (κ2) is 6.38. The summed E-state index contributed by atoms with van der Waals surface area (Å²) in [5.41, 5.74) is 0.374. The molecule has 1 aromatic carbocycles. The summed E-state index contributed by atoms with van der Waals surface area (Å²) in [7, 11) is 0. The van der Waals surface area contributed by atoms with Crippen molar-refractivity contribution in [3.05, 3.63) is 57.2 Å². The van der Waals surface area contributed by atoms with Crippen molar-refractivity contribution in [2.75, 3.05) is 0 Å². The van der Waals surface area contributed by atoms with Crippen LogP contribution in [0.15, 0.2) is 35.4 Å². The topological polar surface area (TPSA) is 73.6 Å². The molecule has 0 amide bonds. The maximum absolute atomic E-state index is 12.9. The first-order valence-electron chi connectivity index (χ1n) is 8.04. The first-order valence-corrected chi connectivity index (χ1v) is 8.86. The summed E-state index contributed by atoms with van der Waals surface area (Å²) in [5, 5.41) is 4.82. The van der Waals surface area contributed by atoms with Gasteiger partial charge >= 0.3 is 6.18 Å². The highest BCUT2D eigenvalue weighted by atomic mass is 32.1. The molecule has 6 nitrogen and oxygen atoms in total. The first-order chi connectivity index (χ1) is 12.9. The minimum absolute atomic E-state index is 0.0546. The highest BCUT2D eigenvalue weighted by Crippen LogP contribution is 2.32. The molecule has 10 heteroatoms. The van der Waals surface area contributed by atoms with E-state index in [1.165, 1.54) is 34.5 Å². The molecular formula is C17H12F3N5OS. The van der Waals surface area contributed by atoms with Gasteiger partial charge in [-0.2, -0.15) is 18.3 Å². The van der Waals surface area contributed by atoms with E-state index in [0.717, 1.165) is 12.1 Å². The molecule has 0 radical (unpaired) electrons. The van der Waals surface area contributed by atoms with Crippen LogP contribution >= 0.6 is 11.3 Å². The van der Waals surface area contributed by atoms with Crippen LogP contribution in [-0.4, -0.2) is 24.7 Å². The van der Waals surface area contributed by atoms with Crippen molar-refractivity contribution in [2.24, 2.45) is 0 Å². The Hall–Kier alpha value is -2.88. The van der Waals surface area contributed by atoms with Gasteiger partial charge in [-0.15, -0.1) is 11.3 Å². The Labute approximate surface area is 154 Å². The number of thiazole rings is 1. The molecule has 4 aromatic rings. The van der Waals surface area contributed by atoms with Crippen LogP contribution in [0.2, 0.25) is 0 Å². The average molecular weight is 391 g/mol. The zero-order valence-corrected chi connectivity index (χ0v) is 14.8. The predicted octanol–water partition coefficient (Wildman–Crippen LogP) is 3.43. The summed E-state index contributed by atoms with van der Waals surface area (Å²) in [4.78, 5) is 25.1. The molecule has 0 saturated carbocycles. The summed E-state index contributed by atoms with van der Waals surface area (Å²) in [5.74, 6) is 0. The van der Waals surface area contributed by atoms with Crippen LogP contribution < -0.4 is 5.56 Å². The number of rotatable bonds is 3. The summed E-state index contributed by atoms with van der Waals surface area (Å²) < 4.78 is 40.4. The van der Waals surface area contributed by atoms with Crippen LogP contribution in [0, 0.1) is 0 Å². The van der Waals surface area contributed by atoms with Crippen molar-refractivity contribution in [1.29, 1.82) is 0 Å². The number of alkyl halides is 3. The van der Waals surface area contributed by atoms with E-state index in [0.29, 0.717) is 27.3 Å². The first kappa shape index (κ1) is 17.5. The maximum atomic E-state index is 12.9. The fraction of sp³-hybridized carbons (Fsp3) is 0.235. The van der Waals surface area contributed by atoms with Gasteiger partial charge in [-0.3, -0.25) is 9.78 Å². The molecule has 0 aliphatic rings. The summed E-state index contributed by atoms with van der Waals surface area (Å²) in [6.07, 6.45) is -0.934. The maximum Gasteiger partial charge on any atom is 0.416 e. The molecule has 0 aliphatic carbocycles. The molecule has 0 bridgehead atoms. The summed E-state index contributed by atoms with van der Waals surface area (Å²) in [6, 6.07) is 3.42. The van der Waals surface area contributed by atoms with Crippen LogP contribution in [0.5, 0.6) is 0 Å². The van der Waals surface area contributed by atoms with Crippen LogP contribution in [0.4, 0.5) is 13.2 Å². The molecule has 0 saturated heterocycles. The molecule has 4 rings (SSSR count). The molecule has 0 spiro atoms. The lowest BCUT2D eigenvalue weighted by Gasteiger charge is -2.07. The van der Waals surface area contributed by atoms with Crippen molar-refractivity contribution in [3.8, 4) is 0 Å². The smallest absolute Gasteiger partial charge is 0.265 e. The number of hydrogen-bond acceptors (Lipinski definition) is 6. The van der Waals surface area contributed by atoms with Crippen molar-refractivity contribution < 1.29 is 13.2 Å². The Balaban J connectivity index is 1.78. The molecule has 0 unspecified atom stereocenters. The molecule has 27 heavy (non-hydrogen) atoms. The van der Waals surface area contributed by atoms with Gasteiger partial charge in [0.15, 0.2) is 5.52 Å². The number of aromatic nitrogens is 5. The summed E-state index contributed by atoms with van der Waals surface area (Å²) >= 11 is 1.22. The third-order valence-corrected chi connectivity index (χ3v) is 5.05. The molecule has 0 N–H and O–H groups in total. The van der Waals surface area contributed by atoms with Crippen molar-refractivity contribution in [1.82, 2.24) is 24.7 Å². The van der Waals surface area contributed by atoms with Gasteiger partial charge in [0.25, 0.3) is 5.56 Å². The Kier molecular flexibility index (Phi) is 4.14. The Bertz CT molecular complexity index is 1210. The number of nitrogens with zero attached hydrogens (tertiary/aromatic N) is 5. The number of halogens is 3. The molecular weight excluding hydrogens is 379 g/mol. The van der Waals surface area contributed by atoms with Gasteiger partial charge in [0.2, 0.25) is 0 Å². The van der Waals surface area contributed by atoms with Crippen LogP contribution in [0.1, 0.15) is 23.2 Å². The van der Waals surface area contributed by atoms with Gasteiger partial charge in [0.1, 0.15) is 10.5 Å². The zero-order chi connectivity index (χ0) is 19.2. The monoisotopic (exact) mass is 391 g/mol. The molecule has 3 heterocycles. The van der Waals surface area contributed by atoms with Crippen molar-refractivity contribution in [2.45, 2.75) is 26.1 Å². The largest absolute Gasteiger partial charge is 0.416 e. The second-order valence-electron chi connectivity index (χ2n) is 5.80. The number of fused-ring (bicyclic) bond motifs is 2. The molecule has 0 aliphatic heterocycles. The number of benzene rings is 1. The van der Waals surface area contributed by atoms with Gasteiger partial charge in [0, 0.05) is 12.4 Å². The van der Waals surface area contributed by atoms with E-state index in [4.69, 9.17) is 0 Å². The van der Waals surface area contributed by atoms with Gasteiger partial charge in [0.05, 0.1) is 28.0 Å². The lowest BCUT2D eigenvalue weighted by molar-refractivity contribution is -0.137.